The van der Waals surface area contributed by atoms with E-state index in [4.69, 9.17) is 0 Å². The summed E-state index contributed by atoms with van der Waals surface area (Å²) in [4.78, 5) is 27.0. The fourth-order valence-electron chi connectivity index (χ4n) is 3.49. The second kappa shape index (κ2) is 9.92. The van der Waals surface area contributed by atoms with Gasteiger partial charge >= 0.3 is 6.18 Å². The van der Waals surface area contributed by atoms with Gasteiger partial charge in [0.15, 0.2) is 0 Å². The highest BCUT2D eigenvalue weighted by molar-refractivity contribution is 6.04. The molecular formula is C24H22F3N7O. The van der Waals surface area contributed by atoms with Crippen molar-refractivity contribution < 1.29 is 18.0 Å². The van der Waals surface area contributed by atoms with Gasteiger partial charge in [-0.15, -0.1) is 0 Å². The van der Waals surface area contributed by atoms with E-state index in [1.54, 1.807) is 30.5 Å². The standard InChI is InChI=1S/C24H22F3N7O/c1-3-33(4-2)22-12-16(9-11-29-22)23(35)31-21-8-7-18(15-30-21)34-20(24(25,26)27)13-19(32-34)17-6-5-10-28-14-17/h5-15H,3-4H2,1-2H3,(H,30,31,35). The second-order valence-corrected chi connectivity index (χ2v) is 7.50. The minimum absolute atomic E-state index is 0.0956. The van der Waals surface area contributed by atoms with Gasteiger partial charge in [0.25, 0.3) is 5.91 Å². The lowest BCUT2D eigenvalue weighted by Gasteiger charge is -2.19. The number of aromatic nitrogens is 5. The van der Waals surface area contributed by atoms with Gasteiger partial charge in [-0.1, -0.05) is 0 Å². The van der Waals surface area contributed by atoms with Crippen LogP contribution in [0.15, 0.2) is 67.3 Å². The van der Waals surface area contributed by atoms with E-state index in [1.807, 2.05) is 18.7 Å². The van der Waals surface area contributed by atoms with Crippen molar-refractivity contribution >= 4 is 17.5 Å². The molecule has 4 aromatic heterocycles. The Kier molecular flexibility index (Phi) is 6.76. The van der Waals surface area contributed by atoms with Crippen LogP contribution >= 0.6 is 0 Å². The van der Waals surface area contributed by atoms with Crippen molar-refractivity contribution in [3.63, 3.8) is 0 Å². The SMILES string of the molecule is CCN(CC)c1cc(C(=O)Nc2ccc(-n3nc(-c4cccnc4)cc3C(F)(F)F)cn2)ccn1. The van der Waals surface area contributed by atoms with E-state index in [-0.39, 0.29) is 17.2 Å². The minimum Gasteiger partial charge on any atom is -0.357 e. The van der Waals surface area contributed by atoms with Crippen LogP contribution in [-0.4, -0.2) is 43.7 Å². The number of carbonyl (C=O) groups is 1. The van der Waals surface area contributed by atoms with Crippen LogP contribution in [0.5, 0.6) is 0 Å². The van der Waals surface area contributed by atoms with E-state index in [9.17, 15) is 18.0 Å². The van der Waals surface area contributed by atoms with E-state index >= 15 is 0 Å². The van der Waals surface area contributed by atoms with Crippen molar-refractivity contribution in [2.24, 2.45) is 0 Å². The van der Waals surface area contributed by atoms with Crippen molar-refractivity contribution in [3.05, 3.63) is 78.5 Å². The smallest absolute Gasteiger partial charge is 0.357 e. The van der Waals surface area contributed by atoms with Crippen molar-refractivity contribution in [3.8, 4) is 16.9 Å². The predicted molar refractivity (Wildman–Crippen MR) is 125 cm³/mol. The fraction of sp³-hybridized carbons (Fsp3) is 0.208. The first kappa shape index (κ1) is 23.9. The molecule has 0 aliphatic carbocycles. The Morgan fingerprint density at radius 3 is 2.46 bits per heavy atom. The normalized spacial score (nSPS) is 11.3. The maximum Gasteiger partial charge on any atom is 0.433 e. The van der Waals surface area contributed by atoms with Gasteiger partial charge in [-0.3, -0.25) is 9.78 Å². The molecule has 1 amide bonds. The molecule has 1 N–H and O–H groups in total. The highest BCUT2D eigenvalue weighted by Gasteiger charge is 2.36. The van der Waals surface area contributed by atoms with E-state index in [0.717, 1.165) is 23.8 Å². The summed E-state index contributed by atoms with van der Waals surface area (Å²) in [7, 11) is 0. The lowest BCUT2D eigenvalue weighted by atomic mass is 10.2. The van der Waals surface area contributed by atoms with Crippen molar-refractivity contribution in [1.29, 1.82) is 0 Å². The Morgan fingerprint density at radius 1 is 1.03 bits per heavy atom. The third-order valence-corrected chi connectivity index (χ3v) is 5.29. The fourth-order valence-corrected chi connectivity index (χ4v) is 3.49. The Bertz CT molecular complexity index is 1300. The van der Waals surface area contributed by atoms with Gasteiger partial charge in [0.05, 0.1) is 17.6 Å². The molecular weight excluding hydrogens is 459 g/mol. The summed E-state index contributed by atoms with van der Waals surface area (Å²) in [5.41, 5.74) is 0.119. The number of pyridine rings is 3. The first-order valence-corrected chi connectivity index (χ1v) is 10.9. The van der Waals surface area contributed by atoms with Gasteiger partial charge in [-0.25, -0.2) is 14.6 Å². The van der Waals surface area contributed by atoms with Crippen LogP contribution in [0.3, 0.4) is 0 Å². The number of hydrogen-bond acceptors (Lipinski definition) is 6. The number of hydrogen-bond donors (Lipinski definition) is 1. The molecule has 0 spiro atoms. The molecule has 4 aromatic rings. The van der Waals surface area contributed by atoms with Crippen molar-refractivity contribution in [2.45, 2.75) is 20.0 Å². The Hall–Kier alpha value is -4.28. The first-order valence-electron chi connectivity index (χ1n) is 10.9. The largest absolute Gasteiger partial charge is 0.433 e. The number of anilines is 2. The molecule has 0 saturated carbocycles. The summed E-state index contributed by atoms with van der Waals surface area (Å²) in [6.45, 7) is 5.47. The number of amides is 1. The van der Waals surface area contributed by atoms with Crippen LogP contribution < -0.4 is 10.2 Å². The zero-order valence-electron chi connectivity index (χ0n) is 19.0. The summed E-state index contributed by atoms with van der Waals surface area (Å²) in [6, 6.07) is 10.3. The van der Waals surface area contributed by atoms with Crippen molar-refractivity contribution in [1.82, 2.24) is 24.7 Å². The summed E-state index contributed by atoms with van der Waals surface area (Å²) >= 11 is 0. The molecule has 0 bridgehead atoms. The van der Waals surface area contributed by atoms with E-state index in [0.29, 0.717) is 16.9 Å². The number of nitrogens with one attached hydrogen (secondary N) is 1. The molecule has 4 rings (SSSR count). The number of halogens is 3. The van der Waals surface area contributed by atoms with Gasteiger partial charge < -0.3 is 10.2 Å². The van der Waals surface area contributed by atoms with Gasteiger partial charge in [0.1, 0.15) is 17.3 Å². The third kappa shape index (κ3) is 5.29. The molecule has 0 aromatic carbocycles. The van der Waals surface area contributed by atoms with E-state index in [2.05, 4.69) is 25.4 Å². The van der Waals surface area contributed by atoms with Crippen LogP contribution in [-0.2, 0) is 6.18 Å². The zero-order valence-corrected chi connectivity index (χ0v) is 19.0. The minimum atomic E-state index is -4.63. The highest BCUT2D eigenvalue weighted by atomic mass is 19.4. The van der Waals surface area contributed by atoms with E-state index in [1.165, 1.54) is 30.7 Å². The summed E-state index contributed by atoms with van der Waals surface area (Å²) in [5.74, 6) is 0.455. The topological polar surface area (TPSA) is 88.8 Å². The van der Waals surface area contributed by atoms with Crippen LogP contribution in [0.2, 0.25) is 0 Å². The maximum absolute atomic E-state index is 13.7. The highest BCUT2D eigenvalue weighted by Crippen LogP contribution is 2.34. The molecule has 4 heterocycles. The monoisotopic (exact) mass is 481 g/mol. The molecule has 0 aliphatic rings. The van der Waals surface area contributed by atoms with Gasteiger partial charge in [-0.05, 0) is 56.3 Å². The zero-order chi connectivity index (χ0) is 25.0. The third-order valence-electron chi connectivity index (χ3n) is 5.29. The Labute approximate surface area is 199 Å². The molecule has 0 saturated heterocycles. The summed E-state index contributed by atoms with van der Waals surface area (Å²) in [5, 5.41) is 6.77. The van der Waals surface area contributed by atoms with Gasteiger partial charge in [0.2, 0.25) is 0 Å². The molecule has 180 valence electrons. The Balaban J connectivity index is 1.57. The van der Waals surface area contributed by atoms with Gasteiger partial charge in [0, 0.05) is 42.8 Å². The number of carbonyl (C=O) groups excluding carboxylic acids is 1. The maximum atomic E-state index is 13.7. The molecule has 0 fully saturated rings. The lowest BCUT2D eigenvalue weighted by Crippen LogP contribution is -2.23. The van der Waals surface area contributed by atoms with Crippen LogP contribution in [0.1, 0.15) is 29.9 Å². The van der Waals surface area contributed by atoms with Crippen LogP contribution in [0.25, 0.3) is 16.9 Å². The van der Waals surface area contributed by atoms with Gasteiger partial charge in [-0.2, -0.15) is 18.3 Å². The summed E-state index contributed by atoms with van der Waals surface area (Å²) in [6.07, 6.45) is 1.10. The number of rotatable bonds is 7. The molecule has 0 atom stereocenters. The number of alkyl halides is 3. The molecule has 0 aliphatic heterocycles. The van der Waals surface area contributed by atoms with Crippen LogP contribution in [0.4, 0.5) is 24.8 Å². The molecule has 35 heavy (non-hydrogen) atoms. The molecule has 8 nitrogen and oxygen atoms in total. The summed E-state index contributed by atoms with van der Waals surface area (Å²) < 4.78 is 41.8. The second-order valence-electron chi connectivity index (χ2n) is 7.50. The number of nitrogens with zero attached hydrogens (tertiary/aromatic N) is 6. The Morgan fingerprint density at radius 2 is 1.83 bits per heavy atom. The van der Waals surface area contributed by atoms with Crippen molar-refractivity contribution in [2.75, 3.05) is 23.3 Å². The molecule has 11 heteroatoms. The lowest BCUT2D eigenvalue weighted by molar-refractivity contribution is -0.142. The van der Waals surface area contributed by atoms with Crippen LogP contribution in [0, 0.1) is 0 Å². The quantitative estimate of drug-likeness (QED) is 0.406. The molecule has 0 unspecified atom stereocenters. The average molecular weight is 481 g/mol. The molecule has 0 radical (unpaired) electrons. The average Bonchev–Trinajstić information content (AvgIpc) is 3.32. The van der Waals surface area contributed by atoms with E-state index < -0.39 is 17.8 Å². The first-order chi connectivity index (χ1) is 16.8. The predicted octanol–water partition coefficient (Wildman–Crippen LogP) is 4.84.